The first-order valence-electron chi connectivity index (χ1n) is 6.84. The van der Waals surface area contributed by atoms with Gasteiger partial charge in [-0.2, -0.15) is 0 Å². The number of carbonyl (C=O) groups excluding carboxylic acids is 2. The van der Waals surface area contributed by atoms with E-state index in [2.05, 4.69) is 16.7 Å². The minimum atomic E-state index is -0.204. The molecule has 5 heteroatoms. The van der Waals surface area contributed by atoms with Crippen molar-refractivity contribution in [1.29, 1.82) is 0 Å². The first-order valence-corrected chi connectivity index (χ1v) is 7.72. The fraction of sp³-hybridized carbons (Fsp3) is 0.250. The molecule has 0 atom stereocenters. The maximum absolute atomic E-state index is 12.0. The molecule has 0 unspecified atom stereocenters. The first-order chi connectivity index (χ1) is 10.2. The highest BCUT2D eigenvalue weighted by Crippen LogP contribution is 2.16. The molecule has 1 heterocycles. The second-order valence-corrected chi connectivity index (χ2v) is 5.64. The van der Waals surface area contributed by atoms with E-state index in [1.54, 1.807) is 42.6 Å². The molecule has 0 aliphatic carbocycles. The maximum Gasteiger partial charge on any atom is 0.253 e. The number of hydrogen-bond acceptors (Lipinski definition) is 3. The molecule has 4 nitrogen and oxygen atoms in total. The standard InChI is InChI=1S/C16H18N2O2S/c1-17-16(20)13-8-2-3-9-14(13)18-15(19)10-4-6-12-7-5-11-21-12/h2-3,5,7-9,11H,4,6,10H2,1H3,(H,17,20)(H,18,19). The van der Waals surface area contributed by atoms with Crippen molar-refractivity contribution in [3.8, 4) is 0 Å². The number of hydrogen-bond donors (Lipinski definition) is 2. The quantitative estimate of drug-likeness (QED) is 0.861. The Morgan fingerprint density at radius 3 is 2.67 bits per heavy atom. The molecule has 0 bridgehead atoms. The van der Waals surface area contributed by atoms with Crippen molar-refractivity contribution in [2.24, 2.45) is 0 Å². The van der Waals surface area contributed by atoms with Crippen LogP contribution in [0.1, 0.15) is 28.1 Å². The number of aryl methyl sites for hydroxylation is 1. The Balaban J connectivity index is 1.89. The van der Waals surface area contributed by atoms with Crippen molar-refractivity contribution >= 4 is 28.8 Å². The summed E-state index contributed by atoms with van der Waals surface area (Å²) in [6.45, 7) is 0. The molecule has 0 fully saturated rings. The van der Waals surface area contributed by atoms with Crippen LogP contribution in [-0.2, 0) is 11.2 Å². The predicted molar refractivity (Wildman–Crippen MR) is 85.7 cm³/mol. The molecule has 0 spiro atoms. The Morgan fingerprint density at radius 2 is 1.95 bits per heavy atom. The van der Waals surface area contributed by atoms with E-state index in [9.17, 15) is 9.59 Å². The van der Waals surface area contributed by atoms with Crippen molar-refractivity contribution < 1.29 is 9.59 Å². The molecule has 0 saturated heterocycles. The molecule has 0 aliphatic rings. The summed E-state index contributed by atoms with van der Waals surface area (Å²) in [6.07, 6.45) is 2.15. The Bertz CT molecular complexity index is 608. The number of thiophene rings is 1. The van der Waals surface area contributed by atoms with Gasteiger partial charge in [-0.15, -0.1) is 11.3 Å². The molecule has 0 radical (unpaired) electrons. The summed E-state index contributed by atoms with van der Waals surface area (Å²) in [5.74, 6) is -0.271. The van der Waals surface area contributed by atoms with Gasteiger partial charge >= 0.3 is 0 Å². The minimum absolute atomic E-state index is 0.0668. The highest BCUT2D eigenvalue weighted by Gasteiger charge is 2.11. The molecule has 2 amide bonds. The Labute approximate surface area is 128 Å². The zero-order valence-corrected chi connectivity index (χ0v) is 12.7. The van der Waals surface area contributed by atoms with E-state index in [0.717, 1.165) is 12.8 Å². The molecule has 1 aromatic heterocycles. The van der Waals surface area contributed by atoms with Crippen LogP contribution in [0.15, 0.2) is 41.8 Å². The fourth-order valence-corrected chi connectivity index (χ4v) is 2.77. The van der Waals surface area contributed by atoms with E-state index in [1.165, 1.54) is 4.88 Å². The smallest absolute Gasteiger partial charge is 0.253 e. The Kier molecular flexibility index (Phi) is 5.51. The molecule has 21 heavy (non-hydrogen) atoms. The predicted octanol–water partition coefficient (Wildman–Crippen LogP) is 3.07. The summed E-state index contributed by atoms with van der Waals surface area (Å²) in [5, 5.41) is 7.41. The summed E-state index contributed by atoms with van der Waals surface area (Å²) < 4.78 is 0. The average Bonchev–Trinajstić information content (AvgIpc) is 3.00. The van der Waals surface area contributed by atoms with Gasteiger partial charge in [0.05, 0.1) is 11.3 Å². The Hall–Kier alpha value is -2.14. The molecule has 0 aliphatic heterocycles. The number of amides is 2. The second-order valence-electron chi connectivity index (χ2n) is 4.61. The van der Waals surface area contributed by atoms with Gasteiger partial charge in [0.25, 0.3) is 5.91 Å². The van der Waals surface area contributed by atoms with E-state index >= 15 is 0 Å². The zero-order valence-electron chi connectivity index (χ0n) is 11.9. The molecule has 0 saturated carbocycles. The van der Waals surface area contributed by atoms with Gasteiger partial charge in [0, 0.05) is 18.3 Å². The number of nitrogens with one attached hydrogen (secondary N) is 2. The lowest BCUT2D eigenvalue weighted by Gasteiger charge is -2.09. The van der Waals surface area contributed by atoms with E-state index in [-0.39, 0.29) is 11.8 Å². The molecule has 110 valence electrons. The van der Waals surface area contributed by atoms with Gasteiger partial charge in [0.2, 0.25) is 5.91 Å². The third-order valence-corrected chi connectivity index (χ3v) is 4.02. The summed E-state index contributed by atoms with van der Waals surface area (Å²) >= 11 is 1.70. The number of rotatable bonds is 6. The molecular formula is C16H18N2O2S. The summed E-state index contributed by atoms with van der Waals surface area (Å²) in [4.78, 5) is 25.0. The lowest BCUT2D eigenvalue weighted by atomic mass is 10.1. The lowest BCUT2D eigenvalue weighted by Crippen LogP contribution is -2.21. The third kappa shape index (κ3) is 4.43. The monoisotopic (exact) mass is 302 g/mol. The largest absolute Gasteiger partial charge is 0.355 e. The van der Waals surface area contributed by atoms with Crippen LogP contribution in [0.3, 0.4) is 0 Å². The van der Waals surface area contributed by atoms with Gasteiger partial charge in [-0.3, -0.25) is 9.59 Å². The van der Waals surface area contributed by atoms with E-state index < -0.39 is 0 Å². The van der Waals surface area contributed by atoms with E-state index in [0.29, 0.717) is 17.7 Å². The fourth-order valence-electron chi connectivity index (χ4n) is 2.02. The first kappa shape index (κ1) is 15.3. The minimum Gasteiger partial charge on any atom is -0.355 e. The van der Waals surface area contributed by atoms with E-state index in [1.807, 2.05) is 11.4 Å². The number of para-hydroxylation sites is 1. The van der Waals surface area contributed by atoms with Gasteiger partial charge in [-0.25, -0.2) is 0 Å². The highest BCUT2D eigenvalue weighted by atomic mass is 32.1. The highest BCUT2D eigenvalue weighted by molar-refractivity contribution is 7.09. The van der Waals surface area contributed by atoms with Crippen molar-refractivity contribution in [2.75, 3.05) is 12.4 Å². The lowest BCUT2D eigenvalue weighted by molar-refractivity contribution is -0.116. The van der Waals surface area contributed by atoms with Crippen molar-refractivity contribution in [2.45, 2.75) is 19.3 Å². The van der Waals surface area contributed by atoms with Crippen molar-refractivity contribution in [1.82, 2.24) is 5.32 Å². The van der Waals surface area contributed by atoms with Gasteiger partial charge in [0.1, 0.15) is 0 Å². The molecule has 2 rings (SSSR count). The summed E-state index contributed by atoms with van der Waals surface area (Å²) in [7, 11) is 1.57. The molecular weight excluding hydrogens is 284 g/mol. The summed E-state index contributed by atoms with van der Waals surface area (Å²) in [5.41, 5.74) is 1.03. The van der Waals surface area contributed by atoms with Gasteiger partial charge < -0.3 is 10.6 Å². The maximum atomic E-state index is 12.0. The third-order valence-electron chi connectivity index (χ3n) is 3.08. The topological polar surface area (TPSA) is 58.2 Å². The van der Waals surface area contributed by atoms with Crippen LogP contribution < -0.4 is 10.6 Å². The summed E-state index contributed by atoms with van der Waals surface area (Å²) in [6, 6.07) is 11.1. The number of benzene rings is 1. The van der Waals surface area contributed by atoms with Gasteiger partial charge in [0.15, 0.2) is 0 Å². The average molecular weight is 302 g/mol. The molecule has 2 N–H and O–H groups in total. The SMILES string of the molecule is CNC(=O)c1ccccc1NC(=O)CCCc1cccs1. The molecule has 2 aromatic rings. The van der Waals surface area contributed by atoms with E-state index in [4.69, 9.17) is 0 Å². The van der Waals surface area contributed by atoms with Gasteiger partial charge in [-0.1, -0.05) is 18.2 Å². The number of carbonyl (C=O) groups is 2. The number of anilines is 1. The van der Waals surface area contributed by atoms with Gasteiger partial charge in [-0.05, 0) is 36.4 Å². The van der Waals surface area contributed by atoms with Crippen LogP contribution in [0.4, 0.5) is 5.69 Å². The van der Waals surface area contributed by atoms with Crippen molar-refractivity contribution in [3.63, 3.8) is 0 Å². The van der Waals surface area contributed by atoms with Crippen LogP contribution in [0.5, 0.6) is 0 Å². The normalized spacial score (nSPS) is 10.1. The zero-order chi connectivity index (χ0) is 15.1. The van der Waals surface area contributed by atoms with Crippen LogP contribution in [0.25, 0.3) is 0 Å². The molecule has 1 aromatic carbocycles. The van der Waals surface area contributed by atoms with Crippen LogP contribution >= 0.6 is 11.3 Å². The van der Waals surface area contributed by atoms with Crippen LogP contribution in [0.2, 0.25) is 0 Å². The van der Waals surface area contributed by atoms with Crippen LogP contribution in [-0.4, -0.2) is 18.9 Å². The second kappa shape index (κ2) is 7.59. The van der Waals surface area contributed by atoms with Crippen molar-refractivity contribution in [3.05, 3.63) is 52.2 Å². The Morgan fingerprint density at radius 1 is 1.14 bits per heavy atom. The van der Waals surface area contributed by atoms with Crippen LogP contribution in [0, 0.1) is 0 Å².